The van der Waals surface area contributed by atoms with Gasteiger partial charge in [0.2, 0.25) is 0 Å². The van der Waals surface area contributed by atoms with Crippen LogP contribution in [0.2, 0.25) is 0 Å². The number of aromatic nitrogens is 2. The molecule has 2 aromatic carbocycles. The van der Waals surface area contributed by atoms with Crippen LogP contribution in [0.25, 0.3) is 21.1 Å². The maximum absolute atomic E-state index is 13.2. The van der Waals surface area contributed by atoms with Gasteiger partial charge in [0.05, 0.1) is 22.5 Å². The zero-order chi connectivity index (χ0) is 22.8. The van der Waals surface area contributed by atoms with Gasteiger partial charge in [0.25, 0.3) is 5.91 Å². The van der Waals surface area contributed by atoms with Crippen molar-refractivity contribution in [3.63, 3.8) is 0 Å². The van der Waals surface area contributed by atoms with E-state index in [2.05, 4.69) is 4.98 Å². The molecule has 3 heterocycles. The Kier molecular flexibility index (Phi) is 5.92. The summed E-state index contributed by atoms with van der Waals surface area (Å²) in [5.74, 6) is 0.0878. The Morgan fingerprint density at radius 2 is 1.73 bits per heavy atom. The van der Waals surface area contributed by atoms with Gasteiger partial charge in [0, 0.05) is 30.9 Å². The van der Waals surface area contributed by atoms with E-state index in [-0.39, 0.29) is 18.2 Å². The summed E-state index contributed by atoms with van der Waals surface area (Å²) in [6.45, 7) is 4.48. The van der Waals surface area contributed by atoms with Crippen LogP contribution in [0.4, 0.5) is 5.82 Å². The maximum Gasteiger partial charge on any atom is 0.360 e. The van der Waals surface area contributed by atoms with Gasteiger partial charge in [-0.15, -0.1) is 11.3 Å². The van der Waals surface area contributed by atoms with Crippen LogP contribution in [0.3, 0.4) is 0 Å². The summed E-state index contributed by atoms with van der Waals surface area (Å²) in [4.78, 5) is 39.9. The summed E-state index contributed by atoms with van der Waals surface area (Å²) in [5.41, 5.74) is 1.60. The Hall–Kier alpha value is -3.52. The zero-order valence-corrected chi connectivity index (χ0v) is 19.2. The predicted octanol–water partition coefficient (Wildman–Crippen LogP) is 4.37. The number of rotatable bonds is 4. The van der Waals surface area contributed by atoms with Crippen LogP contribution in [-0.4, -0.2) is 59.5 Å². The van der Waals surface area contributed by atoms with E-state index in [4.69, 9.17) is 9.72 Å². The van der Waals surface area contributed by atoms with E-state index < -0.39 is 5.97 Å². The summed E-state index contributed by atoms with van der Waals surface area (Å²) in [7, 11) is 0. The first-order valence-corrected chi connectivity index (χ1v) is 11.9. The zero-order valence-electron chi connectivity index (χ0n) is 18.4. The first-order chi connectivity index (χ1) is 16.1. The largest absolute Gasteiger partial charge is 0.461 e. The molecular formula is C25H24N4O3S. The van der Waals surface area contributed by atoms with Gasteiger partial charge >= 0.3 is 5.97 Å². The normalized spacial score (nSPS) is 14.5. The number of esters is 1. The van der Waals surface area contributed by atoms with E-state index in [0.29, 0.717) is 37.5 Å². The molecule has 0 atom stereocenters. The molecule has 1 amide bonds. The fourth-order valence-electron chi connectivity index (χ4n) is 4.12. The Bertz CT molecular complexity index is 1300. The molecule has 168 valence electrons. The smallest absolute Gasteiger partial charge is 0.360 e. The van der Waals surface area contributed by atoms with Crippen LogP contribution in [0.15, 0.2) is 54.6 Å². The highest BCUT2D eigenvalue weighted by atomic mass is 32.1. The summed E-state index contributed by atoms with van der Waals surface area (Å²) >= 11 is 1.53. The maximum atomic E-state index is 13.2. The highest BCUT2D eigenvalue weighted by Gasteiger charge is 2.26. The Labute approximate surface area is 195 Å². The first-order valence-electron chi connectivity index (χ1n) is 11.1. The summed E-state index contributed by atoms with van der Waals surface area (Å²) in [6, 6.07) is 17.5. The number of benzene rings is 2. The van der Waals surface area contributed by atoms with Gasteiger partial charge in [0.1, 0.15) is 0 Å². The lowest BCUT2D eigenvalue weighted by molar-refractivity contribution is 0.0520. The van der Waals surface area contributed by atoms with E-state index in [9.17, 15) is 9.59 Å². The highest BCUT2D eigenvalue weighted by molar-refractivity contribution is 7.20. The number of fused-ring (bicyclic) bond motifs is 2. The van der Waals surface area contributed by atoms with Crippen molar-refractivity contribution in [1.29, 1.82) is 0 Å². The van der Waals surface area contributed by atoms with Gasteiger partial charge in [-0.3, -0.25) is 4.79 Å². The van der Waals surface area contributed by atoms with Crippen molar-refractivity contribution in [2.24, 2.45) is 0 Å². The lowest BCUT2D eigenvalue weighted by Crippen LogP contribution is -2.35. The molecule has 33 heavy (non-hydrogen) atoms. The molecule has 8 heteroatoms. The number of carbonyl (C=O) groups excluding carboxylic acids is 2. The fourth-order valence-corrected chi connectivity index (χ4v) is 5.15. The van der Waals surface area contributed by atoms with Crippen molar-refractivity contribution in [1.82, 2.24) is 14.9 Å². The molecule has 0 N–H and O–H groups in total. The molecule has 0 saturated carbocycles. The van der Waals surface area contributed by atoms with Crippen LogP contribution in [0.5, 0.6) is 0 Å². The monoisotopic (exact) mass is 460 g/mol. The van der Waals surface area contributed by atoms with Gasteiger partial charge < -0.3 is 14.5 Å². The Balaban J connectivity index is 1.40. The molecule has 0 aliphatic carbocycles. The second-order valence-electron chi connectivity index (χ2n) is 7.89. The van der Waals surface area contributed by atoms with Crippen molar-refractivity contribution >= 4 is 50.2 Å². The van der Waals surface area contributed by atoms with Crippen molar-refractivity contribution in [2.75, 3.05) is 37.7 Å². The van der Waals surface area contributed by atoms with Crippen LogP contribution in [0.1, 0.15) is 33.5 Å². The summed E-state index contributed by atoms with van der Waals surface area (Å²) < 4.78 is 6.37. The molecule has 4 aromatic rings. The third-order valence-corrected chi connectivity index (χ3v) is 6.84. The highest BCUT2D eigenvalue weighted by Crippen LogP contribution is 2.27. The van der Waals surface area contributed by atoms with Crippen LogP contribution in [0, 0.1) is 0 Å². The molecule has 0 bridgehead atoms. The average molecular weight is 461 g/mol. The molecule has 1 fully saturated rings. The SMILES string of the molecule is CCOC(=O)c1nc2ccccc2nc1N1CCCN(C(=O)c2cc3ccccc3s2)CC1. The molecule has 0 radical (unpaired) electrons. The molecule has 1 aliphatic heterocycles. The first kappa shape index (κ1) is 21.3. The van der Waals surface area contributed by atoms with Crippen molar-refractivity contribution < 1.29 is 14.3 Å². The van der Waals surface area contributed by atoms with Crippen molar-refractivity contribution in [2.45, 2.75) is 13.3 Å². The van der Waals surface area contributed by atoms with Gasteiger partial charge in [-0.2, -0.15) is 0 Å². The number of amides is 1. The van der Waals surface area contributed by atoms with E-state index in [1.807, 2.05) is 64.4 Å². The van der Waals surface area contributed by atoms with Crippen molar-refractivity contribution in [3.8, 4) is 0 Å². The molecule has 0 spiro atoms. The predicted molar refractivity (Wildman–Crippen MR) is 130 cm³/mol. The Morgan fingerprint density at radius 3 is 2.52 bits per heavy atom. The number of nitrogens with zero attached hydrogens (tertiary/aromatic N) is 4. The third-order valence-electron chi connectivity index (χ3n) is 5.74. The van der Waals surface area contributed by atoms with E-state index in [0.717, 1.165) is 26.9 Å². The number of hydrogen-bond donors (Lipinski definition) is 0. The minimum absolute atomic E-state index is 0.0493. The number of para-hydroxylation sites is 2. The second-order valence-corrected chi connectivity index (χ2v) is 8.97. The molecule has 0 unspecified atom stereocenters. The minimum Gasteiger partial charge on any atom is -0.461 e. The second kappa shape index (κ2) is 9.15. The summed E-state index contributed by atoms with van der Waals surface area (Å²) in [5, 5.41) is 1.09. The molecule has 5 rings (SSSR count). The molecule has 7 nitrogen and oxygen atoms in total. The number of carbonyl (C=O) groups is 2. The van der Waals surface area contributed by atoms with Gasteiger partial charge in [-0.05, 0) is 43.0 Å². The molecule has 1 aliphatic rings. The van der Waals surface area contributed by atoms with Gasteiger partial charge in [0.15, 0.2) is 11.5 Å². The topological polar surface area (TPSA) is 75.6 Å². The fraction of sp³-hybridized carbons (Fsp3) is 0.280. The molecule has 1 saturated heterocycles. The third kappa shape index (κ3) is 4.26. The van der Waals surface area contributed by atoms with Crippen LogP contribution < -0.4 is 4.90 Å². The average Bonchev–Trinajstić information content (AvgIpc) is 3.13. The van der Waals surface area contributed by atoms with Gasteiger partial charge in [-0.25, -0.2) is 14.8 Å². The lowest BCUT2D eigenvalue weighted by Gasteiger charge is -2.24. The standard InChI is InChI=1S/C25H24N4O3S/c1-2-32-25(31)22-23(27-19-10-5-4-9-18(19)26-22)28-12-7-13-29(15-14-28)24(30)21-16-17-8-3-6-11-20(17)33-21/h3-6,8-11,16H,2,7,12-15H2,1H3. The minimum atomic E-state index is -0.479. The van der Waals surface area contributed by atoms with Crippen molar-refractivity contribution in [3.05, 3.63) is 65.2 Å². The molecular weight excluding hydrogens is 436 g/mol. The number of thiophene rings is 1. The Morgan fingerprint density at radius 1 is 0.970 bits per heavy atom. The quantitative estimate of drug-likeness (QED) is 0.421. The van der Waals surface area contributed by atoms with E-state index in [1.165, 1.54) is 11.3 Å². The van der Waals surface area contributed by atoms with Gasteiger partial charge in [-0.1, -0.05) is 30.3 Å². The lowest BCUT2D eigenvalue weighted by atomic mass is 10.2. The van der Waals surface area contributed by atoms with Crippen LogP contribution >= 0.6 is 11.3 Å². The number of hydrogen-bond acceptors (Lipinski definition) is 7. The number of ether oxygens (including phenoxy) is 1. The molecule has 2 aromatic heterocycles. The number of anilines is 1. The van der Waals surface area contributed by atoms with E-state index in [1.54, 1.807) is 6.92 Å². The van der Waals surface area contributed by atoms with E-state index >= 15 is 0 Å². The summed E-state index contributed by atoms with van der Waals surface area (Å²) in [6.07, 6.45) is 0.771. The van der Waals surface area contributed by atoms with Crippen LogP contribution in [-0.2, 0) is 4.74 Å².